The van der Waals surface area contributed by atoms with Crippen LogP contribution in [0.15, 0.2) is 128 Å². The molecule has 2 aromatic heterocycles. The Morgan fingerprint density at radius 1 is 0.509 bits per heavy atom. The number of guanidine groups is 1. The van der Waals surface area contributed by atoms with Crippen molar-refractivity contribution < 1.29 is 77.6 Å². The number of nitrogens with one attached hydrogen (secondary N) is 15. The van der Waals surface area contributed by atoms with Crippen LogP contribution in [0.4, 0.5) is 0 Å². The fourth-order valence-corrected chi connectivity index (χ4v) is 11.4. The number of carboxylic acids is 2. The number of hydrogen-bond acceptors (Lipinski definition) is 18. The van der Waals surface area contributed by atoms with Gasteiger partial charge in [0.1, 0.15) is 66.7 Å². The second-order valence-corrected chi connectivity index (χ2v) is 26.3. The van der Waals surface area contributed by atoms with Gasteiger partial charge < -0.3 is 101 Å². The lowest BCUT2D eigenvalue weighted by Crippen LogP contribution is -2.61. The Labute approximate surface area is 614 Å². The van der Waals surface area contributed by atoms with Gasteiger partial charge in [0.2, 0.25) is 65.0 Å². The van der Waals surface area contributed by atoms with Crippen molar-refractivity contribution in [1.82, 2.24) is 78.8 Å². The third-order valence-electron chi connectivity index (χ3n) is 16.6. The number of amides is 11. The van der Waals surface area contributed by atoms with Gasteiger partial charge in [0, 0.05) is 55.5 Å². The highest BCUT2D eigenvalue weighted by Crippen LogP contribution is 2.21. The van der Waals surface area contributed by atoms with E-state index in [0.717, 1.165) is 0 Å². The van der Waals surface area contributed by atoms with Crippen molar-refractivity contribution in [2.45, 2.75) is 139 Å². The standard InChI is InChI=1S/C71H92N18O16S/c1-39(2)60(89-62(97)48(72)28-43-21-23-46(90)24-22-43)70(105)84-51(25-27-106-4)63(98)78-36-57(91)82-55(32-45-35-75-38-80-45)69(104)86-53(30-42-16-9-6-10-17-42)67(102)83-50(20-13-26-76-71(73)74)65(100)87-54(31-44-34-77-49-19-12-11-18-47(44)49)68(103)88-56(33-58(92)93)66(101)81-40(3)61(96)85-52(64(99)79-37-59(94)95)29-41-14-7-5-8-15-41/h5-12,14-19,21-24,34-35,38-40,48,50-56,60,77,90H,13,20,25-33,36-37,72H2,1-4H3,(H,75,80)(H,78,98)(H,79,99)(H,81,101)(H,82,91)(H,83,102)(H,84,105)(H,85,96)(H,86,104)(H,87,100)(H,88,103)(H,89,97)(H,92,93)(H,94,95)(H4,73,74,76)/t40-,48-,50-,51-,52-,53-,54-,55-,56-,60-/m0/s1. The van der Waals surface area contributed by atoms with Crippen molar-refractivity contribution in [2.24, 2.45) is 17.4 Å². The van der Waals surface area contributed by atoms with Crippen LogP contribution in [0.1, 0.15) is 74.4 Å². The molecule has 11 amide bonds. The predicted molar refractivity (Wildman–Crippen MR) is 390 cm³/mol. The molecule has 6 rings (SSSR count). The van der Waals surface area contributed by atoms with Crippen molar-refractivity contribution in [3.63, 3.8) is 0 Å². The third-order valence-corrected chi connectivity index (χ3v) is 17.3. The van der Waals surface area contributed by atoms with Gasteiger partial charge in [-0.3, -0.25) is 67.7 Å². The first kappa shape index (κ1) is 83.1. The highest BCUT2D eigenvalue weighted by molar-refractivity contribution is 7.98. The van der Waals surface area contributed by atoms with Crippen molar-refractivity contribution >= 4 is 106 Å². The number of aromatic nitrogens is 3. The molecule has 0 aliphatic heterocycles. The molecule has 0 aliphatic rings. The number of aromatic hydroxyl groups is 1. The van der Waals surface area contributed by atoms with Gasteiger partial charge in [0.25, 0.3) is 0 Å². The summed E-state index contributed by atoms with van der Waals surface area (Å²) in [6.45, 7) is 3.08. The summed E-state index contributed by atoms with van der Waals surface area (Å²) in [5, 5.41) is 67.9. The summed E-state index contributed by atoms with van der Waals surface area (Å²) in [7, 11) is 0. The van der Waals surface area contributed by atoms with E-state index in [1.54, 1.807) is 123 Å². The Balaban J connectivity index is 1.22. The van der Waals surface area contributed by atoms with Crippen molar-refractivity contribution in [3.8, 4) is 5.75 Å². The van der Waals surface area contributed by atoms with Gasteiger partial charge in [-0.05, 0) is 91.0 Å². The second-order valence-electron chi connectivity index (χ2n) is 25.3. The lowest BCUT2D eigenvalue weighted by Gasteiger charge is -2.28. The van der Waals surface area contributed by atoms with Crippen LogP contribution < -0.4 is 75.3 Å². The summed E-state index contributed by atoms with van der Waals surface area (Å²) in [6.07, 6.45) is 4.16. The van der Waals surface area contributed by atoms with Crippen LogP contribution in [0.2, 0.25) is 0 Å². The topological polar surface area (TPSA) is 547 Å². The van der Waals surface area contributed by atoms with E-state index in [1.165, 1.54) is 43.3 Å². The van der Waals surface area contributed by atoms with Crippen molar-refractivity contribution in [3.05, 3.63) is 156 Å². The molecule has 0 radical (unpaired) electrons. The zero-order chi connectivity index (χ0) is 77.4. The maximum Gasteiger partial charge on any atom is 0.322 e. The fraction of sp³-hybridized carbons (Fsp3) is 0.394. The Bertz CT molecular complexity index is 4000. The number of benzene rings is 4. The van der Waals surface area contributed by atoms with Crippen LogP contribution in [-0.2, 0) is 94.4 Å². The van der Waals surface area contributed by atoms with Crippen LogP contribution in [0, 0.1) is 11.3 Å². The first-order valence-corrected chi connectivity index (χ1v) is 35.4. The number of thioether (sulfide) groups is 1. The molecule has 0 spiro atoms. The zero-order valence-corrected chi connectivity index (χ0v) is 59.6. The first-order chi connectivity index (χ1) is 50.6. The van der Waals surface area contributed by atoms with Crippen LogP contribution in [-0.4, -0.2) is 205 Å². The summed E-state index contributed by atoms with van der Waals surface area (Å²) in [5.41, 5.74) is 14.9. The molecule has 6 aromatic rings. The Morgan fingerprint density at radius 2 is 1.02 bits per heavy atom. The average molecular weight is 1490 g/mol. The molecular formula is C71H92N18O16S. The van der Waals surface area contributed by atoms with Gasteiger partial charge in [-0.2, -0.15) is 11.8 Å². The molecule has 0 fully saturated rings. The van der Waals surface area contributed by atoms with E-state index in [4.69, 9.17) is 16.9 Å². The number of carboxylic acid groups (broad SMARTS) is 2. The second kappa shape index (κ2) is 42.0. The van der Waals surface area contributed by atoms with Crippen molar-refractivity contribution in [2.75, 3.05) is 31.6 Å². The summed E-state index contributed by atoms with van der Waals surface area (Å²) in [4.78, 5) is 189. The Hall–Kier alpha value is -11.9. The molecule has 0 saturated heterocycles. The number of aromatic amines is 2. The molecule has 0 bridgehead atoms. The Kier molecular flexibility index (Phi) is 32.9. The van der Waals surface area contributed by atoms with Gasteiger partial charge in [0.05, 0.1) is 31.0 Å². The summed E-state index contributed by atoms with van der Waals surface area (Å²) in [5.74, 6) is -13.4. The van der Waals surface area contributed by atoms with Crippen LogP contribution in [0.5, 0.6) is 5.75 Å². The van der Waals surface area contributed by atoms with Crippen molar-refractivity contribution in [1.29, 1.82) is 5.41 Å². The monoisotopic (exact) mass is 1480 g/mol. The van der Waals surface area contributed by atoms with Gasteiger partial charge in [-0.1, -0.05) is 105 Å². The normalized spacial score (nSPS) is 13.9. The van der Waals surface area contributed by atoms with E-state index in [-0.39, 0.29) is 69.4 Å². The van der Waals surface area contributed by atoms with Crippen LogP contribution in [0.25, 0.3) is 10.9 Å². The molecule has 34 nitrogen and oxygen atoms in total. The van der Waals surface area contributed by atoms with E-state index in [9.17, 15) is 72.9 Å². The highest BCUT2D eigenvalue weighted by atomic mass is 32.2. The molecule has 35 heteroatoms. The molecule has 106 heavy (non-hydrogen) atoms. The number of aliphatic carboxylic acids is 2. The molecule has 2 heterocycles. The zero-order valence-electron chi connectivity index (χ0n) is 58.8. The number of H-pyrrole nitrogens is 2. The van der Waals surface area contributed by atoms with E-state index < -0.39 is 169 Å². The number of phenolic OH excluding ortho intramolecular Hbond substituents is 1. The van der Waals surface area contributed by atoms with E-state index in [1.807, 2.05) is 0 Å². The quantitative estimate of drug-likeness (QED) is 0.0115. The minimum absolute atomic E-state index is 0.00696. The minimum Gasteiger partial charge on any atom is -0.508 e. The number of fused-ring (bicyclic) bond motifs is 1. The van der Waals surface area contributed by atoms with E-state index in [2.05, 4.69) is 78.8 Å². The summed E-state index contributed by atoms with van der Waals surface area (Å²) < 4.78 is 0. The highest BCUT2D eigenvalue weighted by Gasteiger charge is 2.37. The molecule has 0 unspecified atom stereocenters. The number of para-hydroxylation sites is 1. The lowest BCUT2D eigenvalue weighted by atomic mass is 10.0. The molecule has 10 atom stereocenters. The number of carbonyl (C=O) groups is 13. The smallest absolute Gasteiger partial charge is 0.322 e. The largest absolute Gasteiger partial charge is 0.508 e. The van der Waals surface area contributed by atoms with Gasteiger partial charge in [0.15, 0.2) is 5.96 Å². The lowest BCUT2D eigenvalue weighted by molar-refractivity contribution is -0.141. The molecule has 4 aromatic carbocycles. The molecule has 0 saturated carbocycles. The Morgan fingerprint density at radius 3 is 1.60 bits per heavy atom. The number of carbonyl (C=O) groups excluding carboxylic acids is 11. The predicted octanol–water partition coefficient (Wildman–Crippen LogP) is -1.72. The summed E-state index contributed by atoms with van der Waals surface area (Å²) in [6, 6.07) is 15.3. The third kappa shape index (κ3) is 27.7. The first-order valence-electron chi connectivity index (χ1n) is 34.0. The van der Waals surface area contributed by atoms with Gasteiger partial charge in [-0.15, -0.1) is 0 Å². The maximum absolute atomic E-state index is 15.0. The van der Waals surface area contributed by atoms with Gasteiger partial charge in [-0.25, -0.2) is 4.98 Å². The SMILES string of the molecule is CSCC[C@H](NC(=O)[C@@H](NC(=O)[C@@H](N)Cc1ccc(O)cc1)C(C)C)C(=O)NCC(=O)N[C@@H](Cc1c[nH]cn1)C(=O)N[C@@H](Cc1ccccc1)C(=O)N[C@@H](CCCNC(=N)N)C(=O)N[C@@H](Cc1c[nH]c2ccccc12)C(=O)N[C@@H](CC(=O)O)C(=O)N[C@@H](C)C(=O)N[C@@H](Cc1ccccc1)C(=O)NCC(=O)O. The fourth-order valence-electron chi connectivity index (χ4n) is 11.0. The van der Waals surface area contributed by atoms with Crippen LogP contribution in [0.3, 0.4) is 0 Å². The molecule has 22 N–H and O–H groups in total. The number of hydrogen-bond donors (Lipinski definition) is 20. The molecule has 0 aliphatic carbocycles. The number of nitrogens with two attached hydrogens (primary N) is 2. The average Bonchev–Trinajstić information content (AvgIpc) is 1.67. The summed E-state index contributed by atoms with van der Waals surface area (Å²) >= 11 is 1.38. The molecular weight excluding hydrogens is 1390 g/mol. The minimum atomic E-state index is -1.93. The number of nitrogens with zero attached hydrogens (tertiary/aromatic N) is 1. The maximum atomic E-state index is 15.0. The number of phenols is 1. The number of imidazole rings is 1. The molecule has 568 valence electrons. The van der Waals surface area contributed by atoms with E-state index in [0.29, 0.717) is 38.9 Å². The van der Waals surface area contributed by atoms with E-state index >= 15 is 4.79 Å². The van der Waals surface area contributed by atoms with Gasteiger partial charge >= 0.3 is 11.9 Å². The number of rotatable bonds is 43. The van der Waals surface area contributed by atoms with Crippen LogP contribution >= 0.6 is 11.8 Å².